The molecule has 0 heterocycles. The number of aliphatic hydroxyl groups excluding tert-OH is 1. The minimum atomic E-state index is -4.39. The lowest BCUT2D eigenvalue weighted by atomic mass is 10.2. The molecule has 0 spiro atoms. The molecule has 7 heteroatoms. The maximum atomic E-state index is 12.3. The Morgan fingerprint density at radius 1 is 1.33 bits per heavy atom. The molecule has 1 rings (SSSR count). The van der Waals surface area contributed by atoms with Crippen molar-refractivity contribution in [1.29, 1.82) is 0 Å². The van der Waals surface area contributed by atoms with Crippen LogP contribution >= 0.6 is 0 Å². The summed E-state index contributed by atoms with van der Waals surface area (Å²) >= 11 is 0. The Morgan fingerprint density at radius 3 is 2.48 bits per heavy atom. The third-order valence-electron chi connectivity index (χ3n) is 2.82. The number of carbonyl (C=O) groups excluding carboxylic acids is 1. The second-order valence-corrected chi connectivity index (χ2v) is 4.51. The summed E-state index contributed by atoms with van der Waals surface area (Å²) in [5, 5.41) is 11.8. The van der Waals surface area contributed by atoms with Gasteiger partial charge in [-0.25, -0.2) is 0 Å². The van der Waals surface area contributed by atoms with E-state index < -0.39 is 23.8 Å². The number of rotatable bonds is 7. The Balaban J connectivity index is 2.33. The van der Waals surface area contributed by atoms with E-state index in [-0.39, 0.29) is 12.4 Å². The molecule has 1 unspecified atom stereocenters. The van der Waals surface area contributed by atoms with Crippen molar-refractivity contribution in [3.05, 3.63) is 29.8 Å². The quantitative estimate of drug-likeness (QED) is 0.813. The van der Waals surface area contributed by atoms with Gasteiger partial charge in [-0.15, -0.1) is 0 Å². The first-order chi connectivity index (χ1) is 9.82. The van der Waals surface area contributed by atoms with Crippen molar-refractivity contribution in [3.63, 3.8) is 0 Å². The van der Waals surface area contributed by atoms with Crippen LogP contribution in [-0.2, 0) is 11.0 Å². The summed E-state index contributed by atoms with van der Waals surface area (Å²) in [5.41, 5.74) is -0.771. The number of nitrogens with one attached hydrogen (secondary N) is 1. The number of carbonyl (C=O) groups is 1. The number of benzene rings is 1. The van der Waals surface area contributed by atoms with E-state index in [1.165, 1.54) is 0 Å². The topological polar surface area (TPSA) is 58.6 Å². The molecule has 2 N–H and O–H groups in total. The summed E-state index contributed by atoms with van der Waals surface area (Å²) in [6, 6.07) is 4.11. The standard InChI is InChI=1S/C14H18F3NO3/c1-2-11(19)7-8-18-13(20)9-21-12-5-3-10(4-6-12)14(15,16)17/h3-6,11,19H,2,7-9H2,1H3,(H,18,20). The van der Waals surface area contributed by atoms with E-state index in [1.807, 2.05) is 6.92 Å². The molecule has 1 atom stereocenters. The molecule has 0 fully saturated rings. The first-order valence-electron chi connectivity index (χ1n) is 6.57. The van der Waals surface area contributed by atoms with Crippen LogP contribution in [0.1, 0.15) is 25.3 Å². The minimum absolute atomic E-state index is 0.187. The van der Waals surface area contributed by atoms with Crippen LogP contribution < -0.4 is 10.1 Å². The van der Waals surface area contributed by atoms with Crippen molar-refractivity contribution in [1.82, 2.24) is 5.32 Å². The van der Waals surface area contributed by atoms with E-state index in [2.05, 4.69) is 5.32 Å². The highest BCUT2D eigenvalue weighted by atomic mass is 19.4. The molecule has 1 aromatic rings. The third-order valence-corrected chi connectivity index (χ3v) is 2.82. The van der Waals surface area contributed by atoms with Gasteiger partial charge in [0.15, 0.2) is 6.61 Å². The van der Waals surface area contributed by atoms with E-state index in [1.54, 1.807) is 0 Å². The molecule has 0 aliphatic heterocycles. The Hall–Kier alpha value is -1.76. The van der Waals surface area contributed by atoms with Crippen molar-refractivity contribution in [2.24, 2.45) is 0 Å². The van der Waals surface area contributed by atoms with Crippen LogP contribution in [0.3, 0.4) is 0 Å². The molecule has 1 amide bonds. The lowest BCUT2D eigenvalue weighted by Crippen LogP contribution is -2.31. The fraction of sp³-hybridized carbons (Fsp3) is 0.500. The fourth-order valence-corrected chi connectivity index (χ4v) is 1.52. The highest BCUT2D eigenvalue weighted by molar-refractivity contribution is 5.77. The largest absolute Gasteiger partial charge is 0.484 e. The fourth-order valence-electron chi connectivity index (χ4n) is 1.52. The number of ether oxygens (including phenoxy) is 1. The van der Waals surface area contributed by atoms with Crippen LogP contribution in [0, 0.1) is 0 Å². The Labute approximate surface area is 120 Å². The molecule has 1 aromatic carbocycles. The summed E-state index contributed by atoms with van der Waals surface area (Å²) in [6.07, 6.45) is -3.79. The van der Waals surface area contributed by atoms with Gasteiger partial charge >= 0.3 is 6.18 Å². The number of hydrogen-bond donors (Lipinski definition) is 2. The highest BCUT2D eigenvalue weighted by Gasteiger charge is 2.30. The molecule has 118 valence electrons. The van der Waals surface area contributed by atoms with Crippen LogP contribution in [0.15, 0.2) is 24.3 Å². The smallest absolute Gasteiger partial charge is 0.416 e. The van der Waals surface area contributed by atoms with E-state index >= 15 is 0 Å². The molecule has 0 radical (unpaired) electrons. The minimum Gasteiger partial charge on any atom is -0.484 e. The third kappa shape index (κ3) is 6.48. The van der Waals surface area contributed by atoms with Crippen LogP contribution in [-0.4, -0.2) is 30.3 Å². The van der Waals surface area contributed by atoms with Crippen molar-refractivity contribution in [2.45, 2.75) is 32.0 Å². The Bertz CT molecular complexity index is 446. The van der Waals surface area contributed by atoms with Crippen molar-refractivity contribution in [2.75, 3.05) is 13.2 Å². The van der Waals surface area contributed by atoms with E-state index in [4.69, 9.17) is 4.74 Å². The van der Waals surface area contributed by atoms with Crippen LogP contribution in [0.5, 0.6) is 5.75 Å². The van der Waals surface area contributed by atoms with Gasteiger partial charge in [0, 0.05) is 6.54 Å². The number of hydrogen-bond acceptors (Lipinski definition) is 3. The van der Waals surface area contributed by atoms with Gasteiger partial charge in [-0.1, -0.05) is 6.92 Å². The van der Waals surface area contributed by atoms with Gasteiger partial charge in [0.05, 0.1) is 11.7 Å². The molecule has 0 saturated heterocycles. The van der Waals surface area contributed by atoms with Gasteiger partial charge in [-0.05, 0) is 37.1 Å². The molecule has 21 heavy (non-hydrogen) atoms. The van der Waals surface area contributed by atoms with Crippen LogP contribution in [0.2, 0.25) is 0 Å². The zero-order chi connectivity index (χ0) is 15.9. The normalized spacial score (nSPS) is 12.8. The van der Waals surface area contributed by atoms with Gasteiger partial charge in [-0.2, -0.15) is 13.2 Å². The average molecular weight is 305 g/mol. The summed E-state index contributed by atoms with van der Waals surface area (Å²) in [5.74, 6) is -0.204. The molecule has 4 nitrogen and oxygen atoms in total. The Kier molecular flexibility index (Phi) is 6.48. The molecule has 0 aromatic heterocycles. The maximum Gasteiger partial charge on any atom is 0.416 e. The highest BCUT2D eigenvalue weighted by Crippen LogP contribution is 2.30. The molecule has 0 aliphatic rings. The summed E-state index contributed by atoms with van der Waals surface area (Å²) in [4.78, 5) is 11.4. The second kappa shape index (κ2) is 7.87. The van der Waals surface area contributed by atoms with Gasteiger partial charge in [0.2, 0.25) is 0 Å². The monoisotopic (exact) mass is 305 g/mol. The SMILES string of the molecule is CCC(O)CCNC(=O)COc1ccc(C(F)(F)F)cc1. The van der Waals surface area contributed by atoms with E-state index in [0.29, 0.717) is 19.4 Å². The molecule has 0 aliphatic carbocycles. The van der Waals surface area contributed by atoms with Crippen molar-refractivity contribution >= 4 is 5.91 Å². The van der Waals surface area contributed by atoms with Crippen molar-refractivity contribution in [3.8, 4) is 5.75 Å². The van der Waals surface area contributed by atoms with E-state index in [0.717, 1.165) is 24.3 Å². The van der Waals surface area contributed by atoms with Crippen molar-refractivity contribution < 1.29 is 27.8 Å². The first-order valence-corrected chi connectivity index (χ1v) is 6.57. The van der Waals surface area contributed by atoms with Gasteiger partial charge in [0.1, 0.15) is 5.75 Å². The van der Waals surface area contributed by atoms with Crippen LogP contribution in [0.25, 0.3) is 0 Å². The molecule has 0 saturated carbocycles. The predicted molar refractivity (Wildman–Crippen MR) is 70.9 cm³/mol. The molecule has 0 bridgehead atoms. The Morgan fingerprint density at radius 2 is 1.95 bits per heavy atom. The summed E-state index contributed by atoms with van der Waals surface area (Å²) in [7, 11) is 0. The summed E-state index contributed by atoms with van der Waals surface area (Å²) in [6.45, 7) is 1.87. The number of amides is 1. The van der Waals surface area contributed by atoms with Gasteiger partial charge < -0.3 is 15.2 Å². The first kappa shape index (κ1) is 17.3. The lowest BCUT2D eigenvalue weighted by Gasteiger charge is -2.10. The summed E-state index contributed by atoms with van der Waals surface area (Å²) < 4.78 is 42.1. The number of halogens is 3. The zero-order valence-corrected chi connectivity index (χ0v) is 11.6. The molecular formula is C14H18F3NO3. The van der Waals surface area contributed by atoms with Gasteiger partial charge in [-0.3, -0.25) is 4.79 Å². The van der Waals surface area contributed by atoms with Gasteiger partial charge in [0.25, 0.3) is 5.91 Å². The second-order valence-electron chi connectivity index (χ2n) is 4.51. The number of alkyl halides is 3. The lowest BCUT2D eigenvalue weighted by molar-refractivity contribution is -0.137. The predicted octanol–water partition coefficient (Wildman–Crippen LogP) is 2.36. The average Bonchev–Trinajstić information content (AvgIpc) is 2.44. The van der Waals surface area contributed by atoms with E-state index in [9.17, 15) is 23.1 Å². The number of aliphatic hydroxyl groups is 1. The zero-order valence-electron chi connectivity index (χ0n) is 11.6. The van der Waals surface area contributed by atoms with Crippen LogP contribution in [0.4, 0.5) is 13.2 Å². The maximum absolute atomic E-state index is 12.3. The molecular weight excluding hydrogens is 287 g/mol.